The average Bonchev–Trinajstić information content (AvgIpc) is 2.82. The van der Waals surface area contributed by atoms with E-state index in [1.54, 1.807) is 11.1 Å². The molecule has 0 aliphatic carbocycles. The topological polar surface area (TPSA) is 71.7 Å². The van der Waals surface area contributed by atoms with Crippen LogP contribution < -0.4 is 15.4 Å². The molecule has 0 atom stereocenters. The predicted octanol–water partition coefficient (Wildman–Crippen LogP) is 3.48. The van der Waals surface area contributed by atoms with Crippen molar-refractivity contribution in [1.82, 2.24) is 9.88 Å². The van der Waals surface area contributed by atoms with Crippen molar-refractivity contribution in [2.24, 2.45) is 5.73 Å². The molecule has 0 unspecified atom stereocenters. The Labute approximate surface area is 181 Å². The van der Waals surface area contributed by atoms with Gasteiger partial charge in [0.15, 0.2) is 0 Å². The molecule has 1 aromatic heterocycles. The molecular weight excluding hydrogens is 395 g/mol. The number of amides is 1. The van der Waals surface area contributed by atoms with Gasteiger partial charge in [-0.2, -0.15) is 0 Å². The number of halogens is 1. The van der Waals surface area contributed by atoms with Gasteiger partial charge in [0.25, 0.3) is 5.91 Å². The number of aromatic nitrogens is 1. The van der Waals surface area contributed by atoms with Crippen molar-refractivity contribution >= 4 is 11.7 Å². The lowest BCUT2D eigenvalue weighted by molar-refractivity contribution is 0.0741. The van der Waals surface area contributed by atoms with E-state index in [-0.39, 0.29) is 11.5 Å². The van der Waals surface area contributed by atoms with Crippen LogP contribution in [-0.2, 0) is 6.42 Å². The zero-order chi connectivity index (χ0) is 21.6. The third-order valence-corrected chi connectivity index (χ3v) is 5.30. The fraction of sp³-hybridized carbons (Fsp3) is 0.250. The summed E-state index contributed by atoms with van der Waals surface area (Å²) in [6.07, 6.45) is 2.54. The maximum absolute atomic E-state index is 14.5. The first-order valence-electron chi connectivity index (χ1n) is 10.4. The highest BCUT2D eigenvalue weighted by Crippen LogP contribution is 2.25. The van der Waals surface area contributed by atoms with E-state index in [4.69, 9.17) is 10.5 Å². The second-order valence-electron chi connectivity index (χ2n) is 7.39. The Morgan fingerprint density at radius 1 is 1.00 bits per heavy atom. The number of carbonyl (C=O) groups excluding carboxylic acids is 1. The maximum atomic E-state index is 14.5. The van der Waals surface area contributed by atoms with E-state index < -0.39 is 5.82 Å². The molecule has 31 heavy (non-hydrogen) atoms. The van der Waals surface area contributed by atoms with Gasteiger partial charge in [0.1, 0.15) is 23.1 Å². The fourth-order valence-electron chi connectivity index (χ4n) is 3.61. The van der Waals surface area contributed by atoms with Crippen molar-refractivity contribution < 1.29 is 13.9 Å². The van der Waals surface area contributed by atoms with Gasteiger partial charge in [-0.1, -0.05) is 18.2 Å². The number of anilines is 1. The average molecular weight is 420 g/mol. The van der Waals surface area contributed by atoms with E-state index in [1.165, 1.54) is 18.2 Å². The molecule has 0 radical (unpaired) electrons. The summed E-state index contributed by atoms with van der Waals surface area (Å²) in [5.41, 5.74) is 6.71. The Morgan fingerprint density at radius 2 is 1.74 bits per heavy atom. The predicted molar refractivity (Wildman–Crippen MR) is 118 cm³/mol. The Kier molecular flexibility index (Phi) is 6.43. The molecule has 2 aromatic carbocycles. The number of carbonyl (C=O) groups is 1. The molecule has 0 saturated carbocycles. The van der Waals surface area contributed by atoms with Crippen LogP contribution in [0.2, 0.25) is 0 Å². The minimum Gasteiger partial charge on any atom is -0.457 e. The van der Waals surface area contributed by atoms with Crippen LogP contribution >= 0.6 is 0 Å². The molecule has 1 fully saturated rings. The SMILES string of the molecule is NCCc1ccc(Oc2ccc(F)c(C(=O)N3CCN(c4ccccn4)CC3)c2)cc1. The van der Waals surface area contributed by atoms with E-state index in [1.807, 2.05) is 42.5 Å². The minimum atomic E-state index is -0.553. The van der Waals surface area contributed by atoms with E-state index in [0.29, 0.717) is 44.2 Å². The molecule has 2 N–H and O–H groups in total. The molecule has 1 amide bonds. The standard InChI is InChI=1S/C24H25FN4O2/c25-22-9-8-20(31-19-6-4-18(5-7-19)10-11-26)17-21(22)24(30)29-15-13-28(14-16-29)23-3-1-2-12-27-23/h1-9,12,17H,10-11,13-16,26H2. The first-order valence-corrected chi connectivity index (χ1v) is 10.4. The van der Waals surface area contributed by atoms with Gasteiger partial charge in [-0.05, 0) is 61.0 Å². The van der Waals surface area contributed by atoms with Gasteiger partial charge in [0.2, 0.25) is 0 Å². The summed E-state index contributed by atoms with van der Waals surface area (Å²) in [6.45, 7) is 2.89. The first-order chi connectivity index (χ1) is 15.1. The fourth-order valence-corrected chi connectivity index (χ4v) is 3.61. The van der Waals surface area contributed by atoms with Gasteiger partial charge in [0, 0.05) is 32.4 Å². The molecule has 160 valence electrons. The molecular formula is C24H25FN4O2. The summed E-state index contributed by atoms with van der Waals surface area (Å²) in [4.78, 5) is 21.1. The van der Waals surface area contributed by atoms with E-state index >= 15 is 0 Å². The number of hydrogen-bond donors (Lipinski definition) is 1. The molecule has 0 spiro atoms. The third-order valence-electron chi connectivity index (χ3n) is 5.30. The minimum absolute atomic E-state index is 0.0172. The highest BCUT2D eigenvalue weighted by atomic mass is 19.1. The Bertz CT molecular complexity index is 1020. The third kappa shape index (κ3) is 5.00. The molecule has 3 aromatic rings. The van der Waals surface area contributed by atoms with Gasteiger partial charge in [-0.3, -0.25) is 4.79 Å². The normalized spacial score (nSPS) is 13.9. The summed E-state index contributed by atoms with van der Waals surface area (Å²) in [7, 11) is 0. The largest absolute Gasteiger partial charge is 0.457 e. The maximum Gasteiger partial charge on any atom is 0.257 e. The summed E-state index contributed by atoms with van der Waals surface area (Å²) in [5, 5.41) is 0. The van der Waals surface area contributed by atoms with Gasteiger partial charge < -0.3 is 20.3 Å². The van der Waals surface area contributed by atoms with E-state index in [9.17, 15) is 9.18 Å². The van der Waals surface area contributed by atoms with Crippen LogP contribution in [0.1, 0.15) is 15.9 Å². The summed E-state index contributed by atoms with van der Waals surface area (Å²) >= 11 is 0. The summed E-state index contributed by atoms with van der Waals surface area (Å²) < 4.78 is 20.3. The van der Waals surface area contributed by atoms with Crippen molar-refractivity contribution in [3.05, 3.63) is 83.8 Å². The monoisotopic (exact) mass is 420 g/mol. The van der Waals surface area contributed by atoms with Crippen LogP contribution in [0.4, 0.5) is 10.2 Å². The smallest absolute Gasteiger partial charge is 0.257 e. The number of benzene rings is 2. The van der Waals surface area contributed by atoms with E-state index in [0.717, 1.165) is 17.8 Å². The quantitative estimate of drug-likeness (QED) is 0.661. The molecule has 2 heterocycles. The second kappa shape index (κ2) is 9.57. The van der Waals surface area contributed by atoms with Crippen LogP contribution in [0.5, 0.6) is 11.5 Å². The van der Waals surface area contributed by atoms with Gasteiger partial charge in [0.05, 0.1) is 5.56 Å². The zero-order valence-electron chi connectivity index (χ0n) is 17.2. The zero-order valence-corrected chi connectivity index (χ0v) is 17.2. The molecule has 4 rings (SSSR count). The van der Waals surface area contributed by atoms with Crippen molar-refractivity contribution in [1.29, 1.82) is 0 Å². The van der Waals surface area contributed by atoms with Crippen molar-refractivity contribution in [3.63, 3.8) is 0 Å². The van der Waals surface area contributed by atoms with Crippen LogP contribution in [0.3, 0.4) is 0 Å². The molecule has 1 aliphatic heterocycles. The number of nitrogens with zero attached hydrogens (tertiary/aromatic N) is 3. The first kappa shape index (κ1) is 20.8. The number of rotatable bonds is 6. The number of ether oxygens (including phenoxy) is 1. The second-order valence-corrected chi connectivity index (χ2v) is 7.39. The number of hydrogen-bond acceptors (Lipinski definition) is 5. The highest BCUT2D eigenvalue weighted by molar-refractivity contribution is 5.95. The van der Waals surface area contributed by atoms with Gasteiger partial charge in [-0.25, -0.2) is 9.37 Å². The Morgan fingerprint density at radius 3 is 2.42 bits per heavy atom. The lowest BCUT2D eigenvalue weighted by atomic mass is 10.1. The van der Waals surface area contributed by atoms with Crippen molar-refractivity contribution in [2.45, 2.75) is 6.42 Å². The molecule has 1 aliphatic rings. The summed E-state index contributed by atoms with van der Waals surface area (Å²) in [5.74, 6) is 1.04. The van der Waals surface area contributed by atoms with Crippen molar-refractivity contribution in [2.75, 3.05) is 37.6 Å². The Balaban J connectivity index is 1.42. The lowest BCUT2D eigenvalue weighted by Gasteiger charge is -2.35. The van der Waals surface area contributed by atoms with Crippen LogP contribution in [0.15, 0.2) is 66.9 Å². The number of nitrogens with two attached hydrogens (primary N) is 1. The number of piperazine rings is 1. The lowest BCUT2D eigenvalue weighted by Crippen LogP contribution is -2.49. The molecule has 1 saturated heterocycles. The van der Waals surface area contributed by atoms with Gasteiger partial charge in [-0.15, -0.1) is 0 Å². The van der Waals surface area contributed by atoms with Gasteiger partial charge >= 0.3 is 0 Å². The molecule has 6 nitrogen and oxygen atoms in total. The van der Waals surface area contributed by atoms with Crippen LogP contribution in [-0.4, -0.2) is 48.5 Å². The Hall–Kier alpha value is -3.45. The number of pyridine rings is 1. The van der Waals surface area contributed by atoms with E-state index in [2.05, 4.69) is 9.88 Å². The van der Waals surface area contributed by atoms with Crippen LogP contribution in [0, 0.1) is 5.82 Å². The van der Waals surface area contributed by atoms with Crippen molar-refractivity contribution in [3.8, 4) is 11.5 Å². The van der Waals surface area contributed by atoms with Crippen LogP contribution in [0.25, 0.3) is 0 Å². The molecule has 0 bridgehead atoms. The highest BCUT2D eigenvalue weighted by Gasteiger charge is 2.25. The molecule has 7 heteroatoms. The summed E-state index contributed by atoms with van der Waals surface area (Å²) in [6, 6.07) is 17.6.